The summed E-state index contributed by atoms with van der Waals surface area (Å²) in [5, 5.41) is 3.33. The highest BCUT2D eigenvalue weighted by atomic mass is 19.1. The number of benzene rings is 1. The molecule has 0 aliphatic carbocycles. The number of halogens is 1. The van der Waals surface area contributed by atoms with Crippen molar-refractivity contribution < 1.29 is 9.18 Å². The molecule has 2 aromatic heterocycles. The van der Waals surface area contributed by atoms with Crippen molar-refractivity contribution in [3.05, 3.63) is 60.4 Å². The maximum Gasteiger partial charge on any atom is 0.258 e. The van der Waals surface area contributed by atoms with E-state index in [9.17, 15) is 9.18 Å². The third kappa shape index (κ3) is 2.44. The van der Waals surface area contributed by atoms with Crippen molar-refractivity contribution >= 4 is 22.6 Å². The van der Waals surface area contributed by atoms with Gasteiger partial charge in [-0.15, -0.1) is 0 Å². The molecule has 1 aromatic carbocycles. The second kappa shape index (κ2) is 5.00. The predicted molar refractivity (Wildman–Crippen MR) is 71.7 cm³/mol. The number of hydrogen-bond donors (Lipinski definition) is 1. The molecule has 5 nitrogen and oxygen atoms in total. The number of amides is 1. The highest BCUT2D eigenvalue weighted by Gasteiger charge is 2.08. The van der Waals surface area contributed by atoms with Crippen molar-refractivity contribution in [1.82, 2.24) is 15.0 Å². The van der Waals surface area contributed by atoms with Crippen molar-refractivity contribution in [3.63, 3.8) is 0 Å². The summed E-state index contributed by atoms with van der Waals surface area (Å²) in [7, 11) is 0. The number of aromatic nitrogens is 3. The SMILES string of the molecule is O=C(Nc1ccncn1)c1cnc2cc(F)ccc2c1. The number of carbonyl (C=O) groups excluding carboxylic acids is 1. The van der Waals surface area contributed by atoms with E-state index in [1.807, 2.05) is 0 Å². The lowest BCUT2D eigenvalue weighted by molar-refractivity contribution is 0.102. The smallest absolute Gasteiger partial charge is 0.258 e. The number of anilines is 1. The summed E-state index contributed by atoms with van der Waals surface area (Å²) in [6.45, 7) is 0. The monoisotopic (exact) mass is 268 g/mol. The van der Waals surface area contributed by atoms with E-state index in [2.05, 4.69) is 20.3 Å². The van der Waals surface area contributed by atoms with Gasteiger partial charge in [0.05, 0.1) is 11.1 Å². The molecule has 0 saturated heterocycles. The van der Waals surface area contributed by atoms with Crippen LogP contribution in [0.1, 0.15) is 10.4 Å². The minimum Gasteiger partial charge on any atom is -0.306 e. The Morgan fingerprint density at radius 3 is 2.85 bits per heavy atom. The Morgan fingerprint density at radius 1 is 1.15 bits per heavy atom. The zero-order chi connectivity index (χ0) is 13.9. The molecule has 98 valence electrons. The predicted octanol–water partition coefficient (Wildman–Crippen LogP) is 2.42. The van der Waals surface area contributed by atoms with E-state index < -0.39 is 0 Å². The number of pyridine rings is 1. The van der Waals surface area contributed by atoms with Crippen molar-refractivity contribution in [2.75, 3.05) is 5.32 Å². The first-order valence-corrected chi connectivity index (χ1v) is 5.85. The van der Waals surface area contributed by atoms with Gasteiger partial charge in [0.15, 0.2) is 0 Å². The second-order valence-corrected chi connectivity index (χ2v) is 4.11. The molecule has 0 radical (unpaired) electrons. The molecule has 0 aliphatic rings. The van der Waals surface area contributed by atoms with Crippen LogP contribution < -0.4 is 5.32 Å². The minimum atomic E-state index is -0.358. The first-order chi connectivity index (χ1) is 9.72. The number of nitrogens with one attached hydrogen (secondary N) is 1. The largest absolute Gasteiger partial charge is 0.306 e. The minimum absolute atomic E-state index is 0.331. The Kier molecular flexibility index (Phi) is 3.04. The van der Waals surface area contributed by atoms with Gasteiger partial charge < -0.3 is 5.32 Å². The number of carbonyl (C=O) groups is 1. The molecule has 0 bridgehead atoms. The molecule has 6 heteroatoms. The Labute approximate surface area is 113 Å². The molecule has 1 amide bonds. The Hall–Kier alpha value is -2.89. The van der Waals surface area contributed by atoms with Gasteiger partial charge in [-0.1, -0.05) is 0 Å². The molecule has 1 N–H and O–H groups in total. The van der Waals surface area contributed by atoms with Gasteiger partial charge in [-0.05, 0) is 24.3 Å². The summed E-state index contributed by atoms with van der Waals surface area (Å²) < 4.78 is 13.0. The molecule has 2 heterocycles. The van der Waals surface area contributed by atoms with Crippen molar-refractivity contribution in [2.24, 2.45) is 0 Å². The first-order valence-electron chi connectivity index (χ1n) is 5.85. The van der Waals surface area contributed by atoms with E-state index in [-0.39, 0.29) is 11.7 Å². The van der Waals surface area contributed by atoms with Crippen LogP contribution in [0, 0.1) is 5.82 Å². The molecule has 0 spiro atoms. The zero-order valence-corrected chi connectivity index (χ0v) is 10.2. The number of hydrogen-bond acceptors (Lipinski definition) is 4. The Balaban J connectivity index is 1.90. The lowest BCUT2D eigenvalue weighted by atomic mass is 10.1. The van der Waals surface area contributed by atoms with Gasteiger partial charge in [-0.3, -0.25) is 9.78 Å². The van der Waals surface area contributed by atoms with Crippen LogP contribution in [0.25, 0.3) is 10.9 Å². The normalized spacial score (nSPS) is 10.4. The number of fused-ring (bicyclic) bond motifs is 1. The lowest BCUT2D eigenvalue weighted by Gasteiger charge is -2.04. The van der Waals surface area contributed by atoms with Crippen LogP contribution in [0.4, 0.5) is 10.2 Å². The van der Waals surface area contributed by atoms with Crippen molar-refractivity contribution in [1.29, 1.82) is 0 Å². The average molecular weight is 268 g/mol. The summed E-state index contributed by atoms with van der Waals surface area (Å²) >= 11 is 0. The maximum absolute atomic E-state index is 13.0. The summed E-state index contributed by atoms with van der Waals surface area (Å²) in [4.78, 5) is 23.8. The molecule has 3 rings (SSSR count). The lowest BCUT2D eigenvalue weighted by Crippen LogP contribution is -2.13. The topological polar surface area (TPSA) is 67.8 Å². The quantitative estimate of drug-likeness (QED) is 0.775. The maximum atomic E-state index is 13.0. The number of rotatable bonds is 2. The molecule has 3 aromatic rings. The fourth-order valence-electron chi connectivity index (χ4n) is 1.77. The van der Waals surface area contributed by atoms with Gasteiger partial charge in [0, 0.05) is 23.8 Å². The van der Waals surface area contributed by atoms with E-state index >= 15 is 0 Å². The van der Waals surface area contributed by atoms with Gasteiger partial charge in [0.25, 0.3) is 5.91 Å². The fraction of sp³-hybridized carbons (Fsp3) is 0. The van der Waals surface area contributed by atoms with E-state index in [1.165, 1.54) is 30.9 Å². The van der Waals surface area contributed by atoms with Gasteiger partial charge in [-0.2, -0.15) is 0 Å². The molecule has 0 fully saturated rings. The van der Waals surface area contributed by atoms with E-state index in [0.29, 0.717) is 22.3 Å². The summed E-state index contributed by atoms with van der Waals surface area (Å²) in [6, 6.07) is 7.47. The van der Waals surface area contributed by atoms with Crippen molar-refractivity contribution in [3.8, 4) is 0 Å². The highest BCUT2D eigenvalue weighted by Crippen LogP contribution is 2.15. The van der Waals surface area contributed by atoms with Crippen LogP contribution in [0.15, 0.2) is 49.1 Å². The van der Waals surface area contributed by atoms with Crippen LogP contribution in [0.3, 0.4) is 0 Å². The standard InChI is InChI=1S/C14H9FN4O/c15-11-2-1-9-5-10(7-17-12(9)6-11)14(20)19-13-3-4-16-8-18-13/h1-8H,(H,16,18,19,20). The Morgan fingerprint density at radius 2 is 2.05 bits per heavy atom. The molecule has 0 unspecified atom stereocenters. The van der Waals surface area contributed by atoms with Gasteiger partial charge in [0.1, 0.15) is 18.0 Å². The average Bonchev–Trinajstić information content (AvgIpc) is 2.47. The van der Waals surface area contributed by atoms with Gasteiger partial charge in [0.2, 0.25) is 0 Å². The third-order valence-electron chi connectivity index (χ3n) is 2.73. The molecular weight excluding hydrogens is 259 g/mol. The van der Waals surface area contributed by atoms with Crippen LogP contribution >= 0.6 is 0 Å². The summed E-state index contributed by atoms with van der Waals surface area (Å²) in [5.74, 6) is -0.283. The molecular formula is C14H9FN4O. The van der Waals surface area contributed by atoms with Crippen LogP contribution in [0.5, 0.6) is 0 Å². The van der Waals surface area contributed by atoms with E-state index in [0.717, 1.165) is 0 Å². The summed E-state index contributed by atoms with van der Waals surface area (Å²) in [6.07, 6.45) is 4.28. The van der Waals surface area contributed by atoms with Crippen LogP contribution in [-0.2, 0) is 0 Å². The molecule has 0 atom stereocenters. The fourth-order valence-corrected chi connectivity index (χ4v) is 1.77. The Bertz CT molecular complexity index is 776. The van der Waals surface area contributed by atoms with Crippen LogP contribution in [0.2, 0.25) is 0 Å². The second-order valence-electron chi connectivity index (χ2n) is 4.11. The van der Waals surface area contributed by atoms with E-state index in [1.54, 1.807) is 18.2 Å². The van der Waals surface area contributed by atoms with Crippen LogP contribution in [-0.4, -0.2) is 20.9 Å². The van der Waals surface area contributed by atoms with Gasteiger partial charge in [-0.25, -0.2) is 14.4 Å². The summed E-state index contributed by atoms with van der Waals surface area (Å²) in [5.41, 5.74) is 0.881. The van der Waals surface area contributed by atoms with E-state index in [4.69, 9.17) is 0 Å². The molecule has 0 saturated carbocycles. The highest BCUT2D eigenvalue weighted by molar-refractivity contribution is 6.05. The van der Waals surface area contributed by atoms with Crippen molar-refractivity contribution in [2.45, 2.75) is 0 Å². The first kappa shape index (κ1) is 12.2. The number of nitrogens with zero attached hydrogens (tertiary/aromatic N) is 3. The molecule has 0 aliphatic heterocycles. The zero-order valence-electron chi connectivity index (χ0n) is 10.2. The third-order valence-corrected chi connectivity index (χ3v) is 2.73. The molecule has 20 heavy (non-hydrogen) atoms. The van der Waals surface area contributed by atoms with Gasteiger partial charge >= 0.3 is 0 Å².